The fourth-order valence-electron chi connectivity index (χ4n) is 3.74. The first-order valence-electron chi connectivity index (χ1n) is 8.90. The van der Waals surface area contributed by atoms with Crippen LogP contribution in [-0.2, 0) is 12.8 Å². The van der Waals surface area contributed by atoms with Crippen LogP contribution in [0.25, 0.3) is 0 Å². The van der Waals surface area contributed by atoms with Gasteiger partial charge in [0.1, 0.15) is 17.2 Å². The molecule has 0 aromatic carbocycles. The summed E-state index contributed by atoms with van der Waals surface area (Å²) < 4.78 is 10.8. The molecule has 1 fully saturated rings. The molecule has 1 amide bonds. The van der Waals surface area contributed by atoms with Gasteiger partial charge in [0.15, 0.2) is 5.69 Å². The van der Waals surface area contributed by atoms with Crippen molar-refractivity contribution in [1.29, 1.82) is 0 Å². The van der Waals surface area contributed by atoms with Crippen molar-refractivity contribution in [1.82, 2.24) is 15.2 Å². The summed E-state index contributed by atoms with van der Waals surface area (Å²) in [5, 5.41) is 8.30. The van der Waals surface area contributed by atoms with Gasteiger partial charge < -0.3 is 13.9 Å². The normalized spacial score (nSPS) is 20.6. The van der Waals surface area contributed by atoms with Crippen LogP contribution in [0.4, 0.5) is 0 Å². The summed E-state index contributed by atoms with van der Waals surface area (Å²) in [7, 11) is 0. The van der Waals surface area contributed by atoms with Gasteiger partial charge >= 0.3 is 0 Å². The molecular formula is C18H23N3O3. The molecular weight excluding hydrogens is 306 g/mol. The highest BCUT2D eigenvalue weighted by Crippen LogP contribution is 2.35. The van der Waals surface area contributed by atoms with Crippen molar-refractivity contribution in [2.45, 2.75) is 64.3 Å². The Kier molecular flexibility index (Phi) is 3.90. The molecule has 1 atom stereocenters. The van der Waals surface area contributed by atoms with Crippen LogP contribution in [0.5, 0.6) is 0 Å². The van der Waals surface area contributed by atoms with Crippen LogP contribution >= 0.6 is 0 Å². The zero-order valence-corrected chi connectivity index (χ0v) is 14.2. The number of likely N-dealkylation sites (tertiary alicyclic amines) is 1. The highest BCUT2D eigenvalue weighted by atomic mass is 16.5. The third-order valence-electron chi connectivity index (χ3n) is 5.12. The average Bonchev–Trinajstić information content (AvgIpc) is 3.31. The fraction of sp³-hybridized carbons (Fsp3) is 0.611. The molecule has 3 heterocycles. The first-order chi connectivity index (χ1) is 11.6. The molecule has 0 bridgehead atoms. The summed E-state index contributed by atoms with van der Waals surface area (Å²) in [5.41, 5.74) is 2.37. The Morgan fingerprint density at radius 2 is 2.04 bits per heavy atom. The number of carbonyl (C=O) groups excluding carboxylic acids is 1. The molecule has 2 aromatic heterocycles. The van der Waals surface area contributed by atoms with Crippen molar-refractivity contribution in [2.75, 3.05) is 6.54 Å². The van der Waals surface area contributed by atoms with Gasteiger partial charge in [0.05, 0.1) is 6.04 Å². The first kappa shape index (κ1) is 15.4. The van der Waals surface area contributed by atoms with E-state index < -0.39 is 0 Å². The van der Waals surface area contributed by atoms with Crippen LogP contribution in [0, 0.1) is 0 Å². The molecule has 0 N–H and O–H groups in total. The van der Waals surface area contributed by atoms with Gasteiger partial charge in [-0.1, -0.05) is 24.2 Å². The minimum absolute atomic E-state index is 0.0234. The van der Waals surface area contributed by atoms with Gasteiger partial charge in [-0.3, -0.25) is 4.79 Å². The Hall–Kier alpha value is -2.11. The lowest BCUT2D eigenvalue weighted by Crippen LogP contribution is -2.31. The van der Waals surface area contributed by atoms with E-state index in [0.29, 0.717) is 11.6 Å². The summed E-state index contributed by atoms with van der Waals surface area (Å²) in [6, 6.07) is 1.96. The number of amides is 1. The standard InChI is InChI=1S/C18H23N3O3/c1-11(2)16-10-13(19-24-16)14-7-5-9-21(14)18(22)17-12-6-3-4-8-15(12)23-20-17/h10-11,14H,3-9H2,1-2H3/t14-/m1/s1. The quantitative estimate of drug-likeness (QED) is 0.859. The monoisotopic (exact) mass is 329 g/mol. The molecule has 24 heavy (non-hydrogen) atoms. The van der Waals surface area contributed by atoms with E-state index in [1.807, 2.05) is 11.0 Å². The van der Waals surface area contributed by atoms with Gasteiger partial charge in [-0.2, -0.15) is 0 Å². The number of rotatable bonds is 3. The molecule has 4 rings (SSSR count). The smallest absolute Gasteiger partial charge is 0.276 e. The molecule has 6 nitrogen and oxygen atoms in total. The summed E-state index contributed by atoms with van der Waals surface area (Å²) in [4.78, 5) is 14.9. The summed E-state index contributed by atoms with van der Waals surface area (Å²) >= 11 is 0. The van der Waals surface area contributed by atoms with Gasteiger partial charge in [0.2, 0.25) is 0 Å². The number of nitrogens with zero attached hydrogens (tertiary/aromatic N) is 3. The number of aryl methyl sites for hydroxylation is 1. The number of hydrogen-bond donors (Lipinski definition) is 0. The topological polar surface area (TPSA) is 72.4 Å². The van der Waals surface area contributed by atoms with E-state index in [-0.39, 0.29) is 11.9 Å². The molecule has 2 aliphatic rings. The summed E-state index contributed by atoms with van der Waals surface area (Å²) in [5.74, 6) is 2.02. The molecule has 1 aliphatic carbocycles. The number of fused-ring (bicyclic) bond motifs is 1. The van der Waals surface area contributed by atoms with Crippen LogP contribution in [0.1, 0.15) is 84.8 Å². The van der Waals surface area contributed by atoms with Crippen LogP contribution in [0.2, 0.25) is 0 Å². The first-order valence-corrected chi connectivity index (χ1v) is 8.90. The average molecular weight is 329 g/mol. The zero-order chi connectivity index (χ0) is 16.7. The van der Waals surface area contributed by atoms with Gasteiger partial charge in [-0.05, 0) is 32.1 Å². The maximum absolute atomic E-state index is 13.0. The molecule has 0 unspecified atom stereocenters. The Morgan fingerprint density at radius 1 is 1.21 bits per heavy atom. The van der Waals surface area contributed by atoms with Crippen molar-refractivity contribution in [2.24, 2.45) is 0 Å². The molecule has 0 radical (unpaired) electrons. The Bertz CT molecular complexity index is 747. The minimum atomic E-state index is -0.0292. The van der Waals surface area contributed by atoms with E-state index in [2.05, 4.69) is 24.2 Å². The predicted molar refractivity (Wildman–Crippen MR) is 86.7 cm³/mol. The highest BCUT2D eigenvalue weighted by molar-refractivity contribution is 5.94. The van der Waals surface area contributed by atoms with E-state index in [0.717, 1.165) is 67.8 Å². The lowest BCUT2D eigenvalue weighted by atomic mass is 9.96. The van der Waals surface area contributed by atoms with E-state index >= 15 is 0 Å². The highest BCUT2D eigenvalue weighted by Gasteiger charge is 2.36. The Morgan fingerprint density at radius 3 is 2.83 bits per heavy atom. The molecule has 0 saturated carbocycles. The number of carbonyl (C=O) groups is 1. The third-order valence-corrected chi connectivity index (χ3v) is 5.12. The van der Waals surface area contributed by atoms with Gasteiger partial charge in [-0.15, -0.1) is 0 Å². The number of aromatic nitrogens is 2. The number of hydrogen-bond acceptors (Lipinski definition) is 5. The molecule has 0 spiro atoms. The second-order valence-electron chi connectivity index (χ2n) is 7.11. The second kappa shape index (κ2) is 6.07. The van der Waals surface area contributed by atoms with Crippen LogP contribution in [0.3, 0.4) is 0 Å². The Balaban J connectivity index is 1.60. The summed E-state index contributed by atoms with van der Waals surface area (Å²) in [6.45, 7) is 4.88. The third kappa shape index (κ3) is 2.54. The molecule has 6 heteroatoms. The van der Waals surface area contributed by atoms with Crippen molar-refractivity contribution >= 4 is 5.91 Å². The van der Waals surface area contributed by atoms with Gasteiger partial charge in [0, 0.05) is 30.5 Å². The zero-order valence-electron chi connectivity index (χ0n) is 14.2. The minimum Gasteiger partial charge on any atom is -0.361 e. The lowest BCUT2D eigenvalue weighted by molar-refractivity contribution is 0.0719. The lowest BCUT2D eigenvalue weighted by Gasteiger charge is -2.22. The molecule has 1 saturated heterocycles. The van der Waals surface area contributed by atoms with Crippen molar-refractivity contribution in [3.63, 3.8) is 0 Å². The van der Waals surface area contributed by atoms with Crippen molar-refractivity contribution in [3.05, 3.63) is 34.5 Å². The van der Waals surface area contributed by atoms with Crippen LogP contribution in [0.15, 0.2) is 15.1 Å². The van der Waals surface area contributed by atoms with Crippen molar-refractivity contribution in [3.8, 4) is 0 Å². The second-order valence-corrected chi connectivity index (χ2v) is 7.11. The molecule has 2 aromatic rings. The maximum Gasteiger partial charge on any atom is 0.276 e. The summed E-state index contributed by atoms with van der Waals surface area (Å²) in [6.07, 6.45) is 5.87. The van der Waals surface area contributed by atoms with Crippen molar-refractivity contribution < 1.29 is 13.8 Å². The molecule has 128 valence electrons. The van der Waals surface area contributed by atoms with E-state index in [1.165, 1.54) is 0 Å². The van der Waals surface area contributed by atoms with Crippen LogP contribution in [-0.4, -0.2) is 27.7 Å². The van der Waals surface area contributed by atoms with Crippen LogP contribution < -0.4 is 0 Å². The maximum atomic E-state index is 13.0. The van der Waals surface area contributed by atoms with Gasteiger partial charge in [0.25, 0.3) is 5.91 Å². The molecule has 1 aliphatic heterocycles. The van der Waals surface area contributed by atoms with E-state index in [4.69, 9.17) is 9.05 Å². The Labute approximate surface area is 141 Å². The SMILES string of the molecule is CC(C)c1cc([C@H]2CCCN2C(=O)c2noc3c2CCCC3)no1. The largest absolute Gasteiger partial charge is 0.361 e. The fourth-order valence-corrected chi connectivity index (χ4v) is 3.74. The van der Waals surface area contributed by atoms with Gasteiger partial charge in [-0.25, -0.2) is 0 Å². The predicted octanol–water partition coefficient (Wildman–Crippen LogP) is 3.64. The van der Waals surface area contributed by atoms with E-state index in [1.54, 1.807) is 0 Å². The van der Waals surface area contributed by atoms with E-state index in [9.17, 15) is 4.79 Å².